The molecule has 0 bridgehead atoms. The van der Waals surface area contributed by atoms with Crippen molar-refractivity contribution in [3.05, 3.63) is 222 Å². The number of hydrogen-bond donors (Lipinski definition) is 0. The van der Waals surface area contributed by atoms with Gasteiger partial charge in [-0.3, -0.25) is 0 Å². The molecule has 0 atom stereocenters. The van der Waals surface area contributed by atoms with Crippen molar-refractivity contribution in [1.82, 2.24) is 24.1 Å². The van der Waals surface area contributed by atoms with Crippen molar-refractivity contribution in [3.63, 3.8) is 0 Å². The Bertz CT molecular complexity index is 4010. The lowest BCUT2D eigenvalue weighted by atomic mass is 9.92. The van der Waals surface area contributed by atoms with Gasteiger partial charge in [0.15, 0.2) is 17.5 Å². The molecule has 71 heavy (non-hydrogen) atoms. The van der Waals surface area contributed by atoms with E-state index >= 15 is 0 Å². The van der Waals surface area contributed by atoms with E-state index in [0.29, 0.717) is 39.3 Å². The number of nitrogens with zero attached hydrogens (tertiary/aromatic N) is 6. The van der Waals surface area contributed by atoms with E-state index in [1.54, 1.807) is 18.2 Å². The molecule has 0 fully saturated rings. The molecule has 0 aliphatic heterocycles. The summed E-state index contributed by atoms with van der Waals surface area (Å²) in [6.07, 6.45) is -4.54. The van der Waals surface area contributed by atoms with Crippen LogP contribution in [0.4, 0.5) is 13.2 Å². The van der Waals surface area contributed by atoms with Crippen molar-refractivity contribution in [3.8, 4) is 73.9 Å². The maximum atomic E-state index is 14.5. The van der Waals surface area contributed by atoms with Gasteiger partial charge in [-0.15, -0.1) is 0 Å². The number of benzene rings is 9. The summed E-state index contributed by atoms with van der Waals surface area (Å²) in [7, 11) is 0. The largest absolute Gasteiger partial charge is 0.416 e. The highest BCUT2D eigenvalue weighted by atomic mass is 19.4. The van der Waals surface area contributed by atoms with Gasteiger partial charge < -0.3 is 9.13 Å². The Morgan fingerprint density at radius 3 is 1.41 bits per heavy atom. The average Bonchev–Trinajstić information content (AvgIpc) is 3.89. The second-order valence-corrected chi connectivity index (χ2v) is 18.1. The predicted molar refractivity (Wildman–Crippen MR) is 280 cm³/mol. The minimum absolute atomic E-state index is 0.430. The molecule has 3 heterocycles. The van der Waals surface area contributed by atoms with Crippen LogP contribution in [0.15, 0.2) is 194 Å². The van der Waals surface area contributed by atoms with Crippen molar-refractivity contribution < 1.29 is 13.2 Å². The molecule has 0 aliphatic carbocycles. The Kier molecular flexibility index (Phi) is 10.2. The molecular weight excluding hydrogens is 886 g/mol. The number of alkyl halides is 3. The van der Waals surface area contributed by atoms with Gasteiger partial charge in [0.2, 0.25) is 0 Å². The highest BCUT2D eigenvalue weighted by Gasteiger charge is 2.32. The second-order valence-electron chi connectivity index (χ2n) is 18.1. The van der Waals surface area contributed by atoms with Crippen LogP contribution in [0.2, 0.25) is 0 Å². The van der Waals surface area contributed by atoms with Gasteiger partial charge >= 0.3 is 6.18 Å². The summed E-state index contributed by atoms with van der Waals surface area (Å²) in [6, 6.07) is 64.9. The minimum Gasteiger partial charge on any atom is -0.309 e. The first kappa shape index (κ1) is 43.2. The molecular formula is C62H41F3N6. The third kappa shape index (κ3) is 7.49. The van der Waals surface area contributed by atoms with Crippen LogP contribution in [-0.4, -0.2) is 24.1 Å². The number of aryl methyl sites for hydroxylation is 3. The van der Waals surface area contributed by atoms with E-state index in [2.05, 4.69) is 89.7 Å². The van der Waals surface area contributed by atoms with Gasteiger partial charge in [0.25, 0.3) is 0 Å². The van der Waals surface area contributed by atoms with Crippen molar-refractivity contribution in [2.75, 3.05) is 0 Å². The third-order valence-corrected chi connectivity index (χ3v) is 13.4. The van der Waals surface area contributed by atoms with Gasteiger partial charge in [-0.25, -0.2) is 15.0 Å². The van der Waals surface area contributed by atoms with Gasteiger partial charge in [-0.2, -0.15) is 18.4 Å². The van der Waals surface area contributed by atoms with Gasteiger partial charge in [0.1, 0.15) is 0 Å². The number of nitriles is 1. The van der Waals surface area contributed by atoms with Gasteiger partial charge in [-0.1, -0.05) is 126 Å². The Labute approximate surface area is 407 Å². The monoisotopic (exact) mass is 926 g/mol. The molecule has 12 aromatic rings. The topological polar surface area (TPSA) is 72.3 Å². The Hall–Kier alpha value is -9.13. The first-order valence-corrected chi connectivity index (χ1v) is 23.3. The van der Waals surface area contributed by atoms with E-state index in [9.17, 15) is 18.4 Å². The molecule has 340 valence electrons. The molecule has 0 saturated heterocycles. The summed E-state index contributed by atoms with van der Waals surface area (Å²) in [5.41, 5.74) is 13.6. The maximum Gasteiger partial charge on any atom is 0.416 e. The third-order valence-electron chi connectivity index (χ3n) is 13.4. The van der Waals surface area contributed by atoms with Crippen LogP contribution in [0, 0.1) is 32.1 Å². The average molecular weight is 927 g/mol. The van der Waals surface area contributed by atoms with E-state index < -0.39 is 11.7 Å². The molecule has 0 spiro atoms. The second kappa shape index (κ2) is 16.8. The fraction of sp³-hybridized carbons (Fsp3) is 0.0645. The normalized spacial score (nSPS) is 11.8. The molecule has 0 unspecified atom stereocenters. The zero-order chi connectivity index (χ0) is 48.5. The van der Waals surface area contributed by atoms with Crippen LogP contribution in [-0.2, 0) is 6.18 Å². The van der Waals surface area contributed by atoms with Crippen LogP contribution in [0.3, 0.4) is 0 Å². The number of aromatic nitrogens is 5. The number of rotatable bonds is 7. The number of halogens is 3. The lowest BCUT2D eigenvalue weighted by molar-refractivity contribution is -0.137. The summed E-state index contributed by atoms with van der Waals surface area (Å²) < 4.78 is 47.8. The van der Waals surface area contributed by atoms with Crippen LogP contribution in [0.1, 0.15) is 27.8 Å². The van der Waals surface area contributed by atoms with Crippen LogP contribution in [0.25, 0.3) is 111 Å². The summed E-state index contributed by atoms with van der Waals surface area (Å²) in [4.78, 5) is 15.9. The Balaban J connectivity index is 1.25. The number of hydrogen-bond acceptors (Lipinski definition) is 4. The zero-order valence-corrected chi connectivity index (χ0v) is 38.8. The van der Waals surface area contributed by atoms with E-state index in [4.69, 9.17) is 15.0 Å². The lowest BCUT2D eigenvalue weighted by Crippen LogP contribution is -2.06. The molecule has 0 N–H and O–H groups in total. The summed E-state index contributed by atoms with van der Waals surface area (Å²) in [5, 5.41) is 13.1. The SMILES string of the molecule is Cc1ccc2c(c1)c1cc(C(F)(F)F)ccc1n2-c1ccc(-c2ccc(C#N)cc2)cc1-c1cccc(-n2c3ccc(C)cc3c3cc(C)ccc32)c1-c1nc(-c2ccccc2)nc(-c2ccccc2)n1. The molecule has 0 radical (unpaired) electrons. The molecule has 0 amide bonds. The van der Waals surface area contributed by atoms with Crippen molar-refractivity contribution >= 4 is 43.6 Å². The number of fused-ring (bicyclic) bond motifs is 6. The van der Waals surface area contributed by atoms with Crippen molar-refractivity contribution in [1.29, 1.82) is 5.26 Å². The van der Waals surface area contributed by atoms with E-state index in [0.717, 1.165) is 100 Å². The first-order chi connectivity index (χ1) is 34.5. The Morgan fingerprint density at radius 2 is 0.887 bits per heavy atom. The van der Waals surface area contributed by atoms with E-state index in [1.165, 1.54) is 6.07 Å². The molecule has 0 aliphatic rings. The van der Waals surface area contributed by atoms with Crippen molar-refractivity contribution in [2.45, 2.75) is 26.9 Å². The molecule has 3 aromatic heterocycles. The van der Waals surface area contributed by atoms with Gasteiger partial charge in [0, 0.05) is 38.2 Å². The quantitative estimate of drug-likeness (QED) is 0.160. The summed E-state index contributed by atoms with van der Waals surface area (Å²) in [6.45, 7) is 6.16. The van der Waals surface area contributed by atoms with Crippen LogP contribution < -0.4 is 0 Å². The molecule has 0 saturated carbocycles. The maximum absolute atomic E-state index is 14.5. The molecule has 9 heteroatoms. The minimum atomic E-state index is -4.54. The van der Waals surface area contributed by atoms with E-state index in [1.807, 2.05) is 110 Å². The van der Waals surface area contributed by atoms with Crippen molar-refractivity contribution in [2.24, 2.45) is 0 Å². The van der Waals surface area contributed by atoms with Crippen LogP contribution in [0.5, 0.6) is 0 Å². The molecule has 9 aromatic carbocycles. The smallest absolute Gasteiger partial charge is 0.309 e. The fourth-order valence-corrected chi connectivity index (χ4v) is 10.1. The van der Waals surface area contributed by atoms with E-state index in [-0.39, 0.29) is 0 Å². The lowest BCUT2D eigenvalue weighted by Gasteiger charge is -2.21. The summed E-state index contributed by atoms with van der Waals surface area (Å²) >= 11 is 0. The molecule has 6 nitrogen and oxygen atoms in total. The summed E-state index contributed by atoms with van der Waals surface area (Å²) in [5.74, 6) is 1.42. The fourth-order valence-electron chi connectivity index (χ4n) is 10.1. The molecule has 12 rings (SSSR count). The highest BCUT2D eigenvalue weighted by Crippen LogP contribution is 2.46. The van der Waals surface area contributed by atoms with Gasteiger partial charge in [-0.05, 0) is 122 Å². The standard InChI is InChI=1S/C62H41F3N6/c1-37-18-27-53-47(31-37)48-32-38(2)19-28-54(48)71(53)57-16-10-15-46(58(57)61-68-59(42-11-6-4-7-12-42)67-60(69-61)43-13-8-5-9-14-43)50-34-44(41-22-20-40(36-66)21-23-41)24-29-55(50)70-52-26-17-39(3)33-49(52)51-35-45(62(63,64)65)25-30-56(51)70/h4-35H,1-3H3. The predicted octanol–water partition coefficient (Wildman–Crippen LogP) is 16.2. The van der Waals surface area contributed by atoms with Crippen LogP contribution >= 0.6 is 0 Å². The first-order valence-electron chi connectivity index (χ1n) is 23.3. The van der Waals surface area contributed by atoms with Gasteiger partial charge in [0.05, 0.1) is 56.2 Å². The Morgan fingerprint density at radius 1 is 0.408 bits per heavy atom. The highest BCUT2D eigenvalue weighted by molar-refractivity contribution is 6.12. The zero-order valence-electron chi connectivity index (χ0n) is 38.8.